The van der Waals surface area contributed by atoms with E-state index < -0.39 is 0 Å². The molecule has 1 N–H and O–H groups in total. The van der Waals surface area contributed by atoms with Gasteiger partial charge in [0.15, 0.2) is 0 Å². The van der Waals surface area contributed by atoms with Crippen molar-refractivity contribution in [3.05, 3.63) is 59.2 Å². The molecule has 3 aromatic rings. The molecule has 0 saturated carbocycles. The highest BCUT2D eigenvalue weighted by Gasteiger charge is 2.13. The van der Waals surface area contributed by atoms with Crippen molar-refractivity contribution in [1.29, 1.82) is 5.26 Å². The Morgan fingerprint density at radius 2 is 1.84 bits per heavy atom. The van der Waals surface area contributed by atoms with Gasteiger partial charge in [-0.05, 0) is 25.5 Å². The Bertz CT molecular complexity index is 804. The number of nitriles is 1. The van der Waals surface area contributed by atoms with Gasteiger partial charge in [0.05, 0.1) is 11.3 Å². The Morgan fingerprint density at radius 3 is 2.58 bits per heavy atom. The van der Waals surface area contributed by atoms with Gasteiger partial charge in [-0.2, -0.15) is 5.26 Å². The van der Waals surface area contributed by atoms with E-state index in [2.05, 4.69) is 43.1 Å². The van der Waals surface area contributed by atoms with Gasteiger partial charge in [0.1, 0.15) is 6.07 Å². The summed E-state index contributed by atoms with van der Waals surface area (Å²) in [6, 6.07) is 16.6. The minimum absolute atomic E-state index is 0.725. The van der Waals surface area contributed by atoms with Crippen LogP contribution in [0.4, 0.5) is 0 Å². The Morgan fingerprint density at radius 1 is 1.05 bits per heavy atom. The van der Waals surface area contributed by atoms with Crippen molar-refractivity contribution in [2.45, 2.75) is 13.8 Å². The summed E-state index contributed by atoms with van der Waals surface area (Å²) in [6.07, 6.45) is 0. The SMILES string of the molecule is Cc1ccc(-c2[nH]c3ccccc3c2C#N)c(C)c1. The largest absolute Gasteiger partial charge is 0.353 e. The smallest absolute Gasteiger partial charge is 0.102 e. The van der Waals surface area contributed by atoms with Gasteiger partial charge in [0.25, 0.3) is 0 Å². The molecule has 0 fully saturated rings. The molecule has 0 atom stereocenters. The maximum absolute atomic E-state index is 9.44. The van der Waals surface area contributed by atoms with Gasteiger partial charge in [-0.3, -0.25) is 0 Å². The van der Waals surface area contributed by atoms with E-state index in [1.807, 2.05) is 24.3 Å². The van der Waals surface area contributed by atoms with Crippen LogP contribution in [0.2, 0.25) is 0 Å². The molecule has 2 nitrogen and oxygen atoms in total. The van der Waals surface area contributed by atoms with Crippen LogP contribution in [0.5, 0.6) is 0 Å². The molecule has 0 bridgehead atoms. The minimum atomic E-state index is 0.725. The number of nitrogens with zero attached hydrogens (tertiary/aromatic N) is 1. The summed E-state index contributed by atoms with van der Waals surface area (Å²) in [5, 5.41) is 10.4. The van der Waals surface area contributed by atoms with E-state index in [0.717, 1.165) is 27.7 Å². The van der Waals surface area contributed by atoms with Gasteiger partial charge in [-0.25, -0.2) is 0 Å². The third-order valence-electron chi connectivity index (χ3n) is 3.47. The molecule has 19 heavy (non-hydrogen) atoms. The highest BCUT2D eigenvalue weighted by molar-refractivity contribution is 5.93. The molecular weight excluding hydrogens is 232 g/mol. The van der Waals surface area contributed by atoms with Gasteiger partial charge in [-0.15, -0.1) is 0 Å². The van der Waals surface area contributed by atoms with Crippen LogP contribution in [0, 0.1) is 25.2 Å². The van der Waals surface area contributed by atoms with Crippen molar-refractivity contribution in [2.24, 2.45) is 0 Å². The predicted molar refractivity (Wildman–Crippen MR) is 77.9 cm³/mol. The molecule has 0 saturated heterocycles. The molecule has 0 spiro atoms. The average molecular weight is 246 g/mol. The van der Waals surface area contributed by atoms with Crippen LogP contribution >= 0.6 is 0 Å². The number of benzene rings is 2. The van der Waals surface area contributed by atoms with E-state index in [4.69, 9.17) is 0 Å². The van der Waals surface area contributed by atoms with Crippen molar-refractivity contribution in [2.75, 3.05) is 0 Å². The molecule has 1 heterocycles. The number of hydrogen-bond donors (Lipinski definition) is 1. The third kappa shape index (κ3) is 1.80. The summed E-state index contributed by atoms with van der Waals surface area (Å²) in [6.45, 7) is 4.15. The summed E-state index contributed by atoms with van der Waals surface area (Å²) in [4.78, 5) is 3.37. The lowest BCUT2D eigenvalue weighted by Crippen LogP contribution is -1.87. The van der Waals surface area contributed by atoms with E-state index in [1.165, 1.54) is 11.1 Å². The Hall–Kier alpha value is -2.53. The lowest BCUT2D eigenvalue weighted by molar-refractivity contribution is 1.35. The van der Waals surface area contributed by atoms with Gasteiger partial charge < -0.3 is 4.98 Å². The van der Waals surface area contributed by atoms with E-state index in [-0.39, 0.29) is 0 Å². The average Bonchev–Trinajstić information content (AvgIpc) is 2.76. The van der Waals surface area contributed by atoms with Crippen molar-refractivity contribution in [3.63, 3.8) is 0 Å². The first-order chi connectivity index (χ1) is 9.20. The predicted octanol–water partition coefficient (Wildman–Crippen LogP) is 4.32. The van der Waals surface area contributed by atoms with E-state index >= 15 is 0 Å². The standard InChI is InChI=1S/C17H14N2/c1-11-7-8-13(12(2)9-11)17-15(10-18)14-5-3-4-6-16(14)19-17/h3-9,19H,1-2H3. The Kier molecular flexibility index (Phi) is 2.61. The van der Waals surface area contributed by atoms with Crippen LogP contribution in [-0.4, -0.2) is 4.98 Å². The zero-order valence-corrected chi connectivity index (χ0v) is 11.0. The van der Waals surface area contributed by atoms with Gasteiger partial charge >= 0.3 is 0 Å². The molecule has 0 unspecified atom stereocenters. The first-order valence-corrected chi connectivity index (χ1v) is 6.29. The van der Waals surface area contributed by atoms with Crippen molar-refractivity contribution < 1.29 is 0 Å². The van der Waals surface area contributed by atoms with E-state index in [9.17, 15) is 5.26 Å². The van der Waals surface area contributed by atoms with Crippen molar-refractivity contribution >= 4 is 10.9 Å². The second-order valence-corrected chi connectivity index (χ2v) is 4.85. The number of rotatable bonds is 1. The Balaban J connectivity index is 2.34. The van der Waals surface area contributed by atoms with E-state index in [0.29, 0.717) is 0 Å². The van der Waals surface area contributed by atoms with Crippen LogP contribution in [0.15, 0.2) is 42.5 Å². The quantitative estimate of drug-likeness (QED) is 0.682. The number of H-pyrrole nitrogens is 1. The topological polar surface area (TPSA) is 39.6 Å². The van der Waals surface area contributed by atoms with Crippen LogP contribution < -0.4 is 0 Å². The summed E-state index contributed by atoms with van der Waals surface area (Å²) >= 11 is 0. The molecule has 2 heteroatoms. The van der Waals surface area contributed by atoms with Crippen LogP contribution in [0.3, 0.4) is 0 Å². The molecule has 0 amide bonds. The highest BCUT2D eigenvalue weighted by Crippen LogP contribution is 2.31. The molecule has 0 aliphatic heterocycles. The van der Waals surface area contributed by atoms with Crippen LogP contribution in [-0.2, 0) is 0 Å². The number of aromatic amines is 1. The fourth-order valence-corrected chi connectivity index (χ4v) is 2.55. The van der Waals surface area contributed by atoms with Crippen LogP contribution in [0.1, 0.15) is 16.7 Å². The number of aromatic nitrogens is 1. The summed E-state index contributed by atoms with van der Waals surface area (Å²) in [7, 11) is 0. The zero-order valence-electron chi connectivity index (χ0n) is 11.0. The van der Waals surface area contributed by atoms with Gasteiger partial charge in [0.2, 0.25) is 0 Å². The lowest BCUT2D eigenvalue weighted by atomic mass is 10.00. The maximum Gasteiger partial charge on any atom is 0.102 e. The summed E-state index contributed by atoms with van der Waals surface area (Å²) < 4.78 is 0. The van der Waals surface area contributed by atoms with Crippen molar-refractivity contribution in [1.82, 2.24) is 4.98 Å². The molecule has 3 rings (SSSR count). The maximum atomic E-state index is 9.44. The highest BCUT2D eigenvalue weighted by atomic mass is 14.7. The minimum Gasteiger partial charge on any atom is -0.353 e. The first-order valence-electron chi connectivity index (χ1n) is 6.29. The first kappa shape index (κ1) is 11.6. The number of hydrogen-bond acceptors (Lipinski definition) is 1. The summed E-state index contributed by atoms with van der Waals surface area (Å²) in [5.74, 6) is 0. The van der Waals surface area contributed by atoms with Crippen LogP contribution in [0.25, 0.3) is 22.2 Å². The monoisotopic (exact) mass is 246 g/mol. The molecule has 0 aliphatic carbocycles. The molecule has 1 aromatic heterocycles. The number of para-hydroxylation sites is 1. The number of fused-ring (bicyclic) bond motifs is 1. The van der Waals surface area contributed by atoms with Gasteiger partial charge in [-0.1, -0.05) is 42.0 Å². The molecule has 0 radical (unpaired) electrons. The number of nitrogens with one attached hydrogen (secondary N) is 1. The molecule has 92 valence electrons. The fourth-order valence-electron chi connectivity index (χ4n) is 2.55. The third-order valence-corrected chi connectivity index (χ3v) is 3.47. The zero-order chi connectivity index (χ0) is 13.4. The van der Waals surface area contributed by atoms with Crippen molar-refractivity contribution in [3.8, 4) is 17.3 Å². The number of aryl methyl sites for hydroxylation is 2. The van der Waals surface area contributed by atoms with E-state index in [1.54, 1.807) is 0 Å². The second-order valence-electron chi connectivity index (χ2n) is 4.85. The summed E-state index contributed by atoms with van der Waals surface area (Å²) in [5.41, 5.74) is 6.16. The molecule has 2 aromatic carbocycles. The fraction of sp³-hybridized carbons (Fsp3) is 0.118. The second kappa shape index (κ2) is 4.29. The molecular formula is C17H14N2. The molecule has 0 aliphatic rings. The lowest BCUT2D eigenvalue weighted by Gasteiger charge is -2.05. The van der Waals surface area contributed by atoms with Gasteiger partial charge in [0, 0.05) is 16.5 Å². The normalized spacial score (nSPS) is 10.6. The Labute approximate surface area is 112 Å².